The maximum absolute atomic E-state index is 13.8. The van der Waals surface area contributed by atoms with Crippen molar-refractivity contribution in [1.82, 2.24) is 13.5 Å². The van der Waals surface area contributed by atoms with E-state index in [1.165, 1.54) is 13.2 Å². The van der Waals surface area contributed by atoms with Gasteiger partial charge < -0.3 is 4.74 Å². The highest BCUT2D eigenvalue weighted by atomic mass is 32.2. The molecule has 2 aliphatic rings. The van der Waals surface area contributed by atoms with Crippen LogP contribution in [0.3, 0.4) is 0 Å². The van der Waals surface area contributed by atoms with Crippen LogP contribution in [0.25, 0.3) is 0 Å². The van der Waals surface area contributed by atoms with Gasteiger partial charge in [0, 0.05) is 45.8 Å². The molecule has 8 heteroatoms. The molecule has 0 spiro atoms. The zero-order valence-corrected chi connectivity index (χ0v) is 16.2. The Bertz CT molecular complexity index is 698. The van der Waals surface area contributed by atoms with Gasteiger partial charge in [-0.2, -0.15) is 17.0 Å². The van der Waals surface area contributed by atoms with E-state index in [4.69, 9.17) is 4.74 Å². The Morgan fingerprint density at radius 2 is 1.58 bits per heavy atom. The second kappa shape index (κ2) is 8.65. The third kappa shape index (κ3) is 4.54. The molecule has 2 heterocycles. The first-order valence-electron chi connectivity index (χ1n) is 9.31. The minimum Gasteiger partial charge on any atom is -0.494 e. The number of piperazine rings is 1. The molecule has 1 aromatic carbocycles. The van der Waals surface area contributed by atoms with E-state index in [2.05, 4.69) is 4.90 Å². The van der Waals surface area contributed by atoms with E-state index in [1.54, 1.807) is 14.7 Å². The zero-order valence-electron chi connectivity index (χ0n) is 15.4. The number of hydrogen-bond donors (Lipinski definition) is 0. The van der Waals surface area contributed by atoms with Crippen LogP contribution in [0.1, 0.15) is 31.2 Å². The molecule has 146 valence electrons. The van der Waals surface area contributed by atoms with Crippen molar-refractivity contribution in [3.8, 4) is 5.75 Å². The number of ether oxygens (including phenoxy) is 1. The molecular weight excluding hydrogens is 357 g/mol. The van der Waals surface area contributed by atoms with Gasteiger partial charge in [0.05, 0.1) is 7.11 Å². The number of benzene rings is 1. The Balaban J connectivity index is 1.56. The lowest BCUT2D eigenvalue weighted by atomic mass is 10.2. The molecule has 2 fully saturated rings. The minimum absolute atomic E-state index is 0.238. The predicted molar refractivity (Wildman–Crippen MR) is 98.8 cm³/mol. The Kier molecular flexibility index (Phi) is 6.50. The maximum atomic E-state index is 13.8. The second-order valence-electron chi connectivity index (χ2n) is 6.97. The van der Waals surface area contributed by atoms with Gasteiger partial charge in [-0.25, -0.2) is 4.39 Å². The Hall–Kier alpha value is -1.22. The number of rotatable bonds is 5. The first-order valence-corrected chi connectivity index (χ1v) is 10.7. The molecule has 1 aromatic rings. The van der Waals surface area contributed by atoms with Crippen molar-refractivity contribution in [2.45, 2.75) is 32.2 Å². The summed E-state index contributed by atoms with van der Waals surface area (Å²) in [6, 6.07) is 4.96. The average Bonchev–Trinajstić information content (AvgIpc) is 2.92. The third-order valence-corrected chi connectivity index (χ3v) is 7.21. The van der Waals surface area contributed by atoms with Crippen molar-refractivity contribution in [2.24, 2.45) is 0 Å². The lowest BCUT2D eigenvalue weighted by molar-refractivity contribution is 0.174. The summed E-state index contributed by atoms with van der Waals surface area (Å²) >= 11 is 0. The van der Waals surface area contributed by atoms with Gasteiger partial charge in [0.25, 0.3) is 10.2 Å². The normalized spacial score (nSPS) is 21.5. The molecule has 3 rings (SSSR count). The molecule has 2 saturated heterocycles. The summed E-state index contributed by atoms with van der Waals surface area (Å²) in [5, 5.41) is 0. The molecule has 0 amide bonds. The standard InChI is InChI=1S/C18H28FN3O3S/c1-25-18-7-6-16(14-17(18)19)15-20-10-12-22(13-11-20)26(23,24)21-8-4-2-3-5-9-21/h6-7,14H,2-5,8-13,15H2,1H3. The molecule has 0 radical (unpaired) electrons. The third-order valence-electron chi connectivity index (χ3n) is 5.17. The number of halogens is 1. The maximum Gasteiger partial charge on any atom is 0.282 e. The fraction of sp³-hybridized carbons (Fsp3) is 0.667. The first kappa shape index (κ1) is 19.5. The van der Waals surface area contributed by atoms with Crippen molar-refractivity contribution < 1.29 is 17.5 Å². The lowest BCUT2D eigenvalue weighted by Gasteiger charge is -2.36. The van der Waals surface area contributed by atoms with Gasteiger partial charge >= 0.3 is 0 Å². The topological polar surface area (TPSA) is 53.1 Å². The molecule has 0 saturated carbocycles. The van der Waals surface area contributed by atoms with Crippen LogP contribution in [0.15, 0.2) is 18.2 Å². The smallest absolute Gasteiger partial charge is 0.282 e. The first-order chi connectivity index (χ1) is 12.5. The highest BCUT2D eigenvalue weighted by Crippen LogP contribution is 2.21. The van der Waals surface area contributed by atoms with E-state index in [9.17, 15) is 12.8 Å². The monoisotopic (exact) mass is 385 g/mol. The molecule has 6 nitrogen and oxygen atoms in total. The summed E-state index contributed by atoms with van der Waals surface area (Å²) in [5.74, 6) is -0.130. The Labute approximate surface area is 155 Å². The predicted octanol–water partition coefficient (Wildman–Crippen LogP) is 2.07. The van der Waals surface area contributed by atoms with E-state index in [0.717, 1.165) is 31.2 Å². The van der Waals surface area contributed by atoms with Gasteiger partial charge in [-0.1, -0.05) is 18.9 Å². The van der Waals surface area contributed by atoms with Gasteiger partial charge in [0.15, 0.2) is 11.6 Å². The van der Waals surface area contributed by atoms with Gasteiger partial charge in [0.1, 0.15) is 0 Å². The van der Waals surface area contributed by atoms with Crippen LogP contribution in [-0.4, -0.2) is 68.3 Å². The quantitative estimate of drug-likeness (QED) is 0.779. The minimum atomic E-state index is -3.36. The molecule has 0 unspecified atom stereocenters. The van der Waals surface area contributed by atoms with Crippen LogP contribution in [0.5, 0.6) is 5.75 Å². The Morgan fingerprint density at radius 3 is 2.15 bits per heavy atom. The van der Waals surface area contributed by atoms with E-state index < -0.39 is 10.2 Å². The van der Waals surface area contributed by atoms with E-state index in [-0.39, 0.29) is 11.6 Å². The van der Waals surface area contributed by atoms with Crippen molar-refractivity contribution in [3.63, 3.8) is 0 Å². The van der Waals surface area contributed by atoms with Crippen LogP contribution >= 0.6 is 0 Å². The molecular formula is C18H28FN3O3S. The molecule has 0 N–H and O–H groups in total. The van der Waals surface area contributed by atoms with Crippen molar-refractivity contribution >= 4 is 10.2 Å². The summed E-state index contributed by atoms with van der Waals surface area (Å²) in [6.07, 6.45) is 4.11. The van der Waals surface area contributed by atoms with Gasteiger partial charge in [0.2, 0.25) is 0 Å². The second-order valence-corrected chi connectivity index (χ2v) is 8.89. The van der Waals surface area contributed by atoms with E-state index in [0.29, 0.717) is 45.8 Å². The summed E-state index contributed by atoms with van der Waals surface area (Å²) in [6.45, 7) is 4.15. The molecule has 2 aliphatic heterocycles. The SMILES string of the molecule is COc1ccc(CN2CCN(S(=O)(=O)N3CCCCCC3)CC2)cc1F. The fourth-order valence-electron chi connectivity index (χ4n) is 3.62. The number of nitrogens with zero attached hydrogens (tertiary/aromatic N) is 3. The van der Waals surface area contributed by atoms with Crippen molar-refractivity contribution in [2.75, 3.05) is 46.4 Å². The molecule has 0 aliphatic carbocycles. The summed E-state index contributed by atoms with van der Waals surface area (Å²) in [5.41, 5.74) is 0.868. The van der Waals surface area contributed by atoms with Crippen molar-refractivity contribution in [3.05, 3.63) is 29.6 Å². The summed E-state index contributed by atoms with van der Waals surface area (Å²) < 4.78 is 47.7. The molecule has 0 atom stereocenters. The molecule has 0 bridgehead atoms. The highest BCUT2D eigenvalue weighted by molar-refractivity contribution is 7.86. The highest BCUT2D eigenvalue weighted by Gasteiger charge is 2.32. The van der Waals surface area contributed by atoms with Crippen LogP contribution in [0.4, 0.5) is 4.39 Å². The van der Waals surface area contributed by atoms with E-state index in [1.807, 2.05) is 6.07 Å². The van der Waals surface area contributed by atoms with Crippen LogP contribution in [-0.2, 0) is 16.8 Å². The van der Waals surface area contributed by atoms with Gasteiger partial charge in [-0.15, -0.1) is 0 Å². The largest absolute Gasteiger partial charge is 0.494 e. The van der Waals surface area contributed by atoms with Crippen LogP contribution < -0.4 is 4.74 Å². The van der Waals surface area contributed by atoms with Gasteiger partial charge in [-0.3, -0.25) is 4.90 Å². The molecule has 26 heavy (non-hydrogen) atoms. The lowest BCUT2D eigenvalue weighted by Crippen LogP contribution is -2.52. The van der Waals surface area contributed by atoms with Crippen molar-refractivity contribution in [1.29, 1.82) is 0 Å². The van der Waals surface area contributed by atoms with Crippen LogP contribution in [0, 0.1) is 5.82 Å². The summed E-state index contributed by atoms with van der Waals surface area (Å²) in [4.78, 5) is 2.16. The summed E-state index contributed by atoms with van der Waals surface area (Å²) in [7, 11) is -1.91. The van der Waals surface area contributed by atoms with Crippen LogP contribution in [0.2, 0.25) is 0 Å². The van der Waals surface area contributed by atoms with E-state index >= 15 is 0 Å². The number of hydrogen-bond acceptors (Lipinski definition) is 4. The van der Waals surface area contributed by atoms with Gasteiger partial charge in [-0.05, 0) is 30.5 Å². The fourth-order valence-corrected chi connectivity index (χ4v) is 5.29. The average molecular weight is 386 g/mol. The Morgan fingerprint density at radius 1 is 0.962 bits per heavy atom. The number of methoxy groups -OCH3 is 1. The molecule has 0 aromatic heterocycles. The zero-order chi connectivity index (χ0) is 18.6.